The summed E-state index contributed by atoms with van der Waals surface area (Å²) >= 11 is 0. The molecule has 49 heavy (non-hydrogen) atoms. The van der Waals surface area contributed by atoms with Gasteiger partial charge in [0.15, 0.2) is 0 Å². The molecule has 12 nitrogen and oxygen atoms in total. The molecule has 0 radical (unpaired) electrons. The molecule has 0 amide bonds. The normalized spacial score (nSPS) is 12.2. The summed E-state index contributed by atoms with van der Waals surface area (Å²) in [5.41, 5.74) is 3.18. The molecule has 0 saturated heterocycles. The summed E-state index contributed by atoms with van der Waals surface area (Å²) in [6, 6.07) is 15.4. The first-order chi connectivity index (χ1) is 23.5. The van der Waals surface area contributed by atoms with Crippen LogP contribution in [-0.2, 0) is 34.4 Å². The highest BCUT2D eigenvalue weighted by Gasteiger charge is 2.25. The smallest absolute Gasteiger partial charge is 0.241 e. The largest absolute Gasteiger partial charge is 0.744 e. The van der Waals surface area contributed by atoms with E-state index in [0.717, 1.165) is 49.4 Å². The number of hydrogen-bond acceptors (Lipinski definition) is 10. The zero-order chi connectivity index (χ0) is 35.6. The Morgan fingerprint density at radius 2 is 1.45 bits per heavy atom. The van der Waals surface area contributed by atoms with Crippen LogP contribution in [0.4, 0.5) is 5.69 Å². The molecule has 0 unspecified atom stereocenters. The van der Waals surface area contributed by atoms with Crippen LogP contribution in [0, 0.1) is 0 Å². The van der Waals surface area contributed by atoms with Crippen LogP contribution in [0.25, 0.3) is 33.4 Å². The van der Waals surface area contributed by atoms with Crippen LogP contribution in [0.3, 0.4) is 0 Å². The summed E-state index contributed by atoms with van der Waals surface area (Å²) in [4.78, 5) is 0.707. The third kappa shape index (κ3) is 9.45. The van der Waals surface area contributed by atoms with Gasteiger partial charge >= 0.3 is 0 Å². The van der Waals surface area contributed by atoms with Crippen LogP contribution in [0.5, 0.6) is 0 Å². The highest BCUT2D eigenvalue weighted by Crippen LogP contribution is 2.42. The molecule has 0 fully saturated rings. The van der Waals surface area contributed by atoms with E-state index in [1.807, 2.05) is 43.3 Å². The van der Waals surface area contributed by atoms with E-state index in [1.54, 1.807) is 0 Å². The fourth-order valence-electron chi connectivity index (χ4n) is 5.74. The first kappa shape index (κ1) is 38.4. The maximum atomic E-state index is 13.3. The Hall–Kier alpha value is -3.37. The second-order valence-corrected chi connectivity index (χ2v) is 14.2. The molecular formula is C35H47N3O9S2. The molecule has 14 heteroatoms. The monoisotopic (exact) mass is 717 g/mol. The van der Waals surface area contributed by atoms with Gasteiger partial charge in [-0.2, -0.15) is 0 Å². The molecule has 0 aromatic heterocycles. The fourth-order valence-corrected chi connectivity index (χ4v) is 8.04. The molecule has 0 bridgehead atoms. The van der Waals surface area contributed by atoms with Gasteiger partial charge in [-0.25, -0.2) is 26.1 Å². The van der Waals surface area contributed by atoms with Crippen molar-refractivity contribution in [2.75, 3.05) is 77.3 Å². The highest BCUT2D eigenvalue weighted by atomic mass is 32.2. The Morgan fingerprint density at radius 3 is 2.08 bits per heavy atom. The van der Waals surface area contributed by atoms with Crippen LogP contribution in [-0.4, -0.2) is 93.8 Å². The van der Waals surface area contributed by atoms with Crippen LogP contribution in [0.2, 0.25) is 0 Å². The molecule has 2 aromatic rings. The minimum Gasteiger partial charge on any atom is -0.744 e. The van der Waals surface area contributed by atoms with Crippen molar-refractivity contribution >= 4 is 36.8 Å². The van der Waals surface area contributed by atoms with Crippen LogP contribution >= 0.6 is 0 Å². The lowest BCUT2D eigenvalue weighted by atomic mass is 9.93. The molecule has 0 saturated carbocycles. The van der Waals surface area contributed by atoms with Crippen LogP contribution in [0.1, 0.15) is 34.6 Å². The van der Waals surface area contributed by atoms with Crippen molar-refractivity contribution in [1.29, 1.82) is 0 Å². The van der Waals surface area contributed by atoms with E-state index in [1.165, 1.54) is 6.07 Å². The average molecular weight is 718 g/mol. The maximum Gasteiger partial charge on any atom is 0.241 e. The summed E-state index contributed by atoms with van der Waals surface area (Å²) in [6.07, 6.45) is 0. The SMILES string of the molecule is CCOCCOCCOCCNS(=O)(=O)c1ccc(-c2c3ccc(=[N+](CC)CC)cc-3oc3cc(N(CC)CC)ccc23)cc1S(=O)(=O)[O-]. The third-order valence-electron chi connectivity index (χ3n) is 8.22. The van der Waals surface area contributed by atoms with Crippen molar-refractivity contribution in [2.45, 2.75) is 44.4 Å². The molecular weight excluding hydrogens is 671 g/mol. The lowest BCUT2D eigenvalue weighted by Gasteiger charge is -2.22. The number of hydrogen-bond donors (Lipinski definition) is 1. The number of nitrogens with zero attached hydrogens (tertiary/aromatic N) is 2. The minimum atomic E-state index is -5.22. The topological polar surface area (TPSA) is 150 Å². The van der Waals surface area contributed by atoms with E-state index >= 15 is 0 Å². The third-order valence-corrected chi connectivity index (χ3v) is 10.7. The summed E-state index contributed by atoms with van der Waals surface area (Å²) < 4.78 is 91.3. The lowest BCUT2D eigenvalue weighted by Crippen LogP contribution is -2.29. The average Bonchev–Trinajstić information content (AvgIpc) is 3.08. The molecule has 0 spiro atoms. The molecule has 1 aliphatic heterocycles. The fraction of sp³-hybridized carbons (Fsp3) is 0.457. The summed E-state index contributed by atoms with van der Waals surface area (Å²) in [6.45, 7) is 15.2. The van der Waals surface area contributed by atoms with E-state index in [0.29, 0.717) is 59.8 Å². The molecule has 0 atom stereocenters. The van der Waals surface area contributed by atoms with Crippen LogP contribution < -0.4 is 19.6 Å². The first-order valence-corrected chi connectivity index (χ1v) is 19.5. The molecule has 2 aromatic carbocycles. The lowest BCUT2D eigenvalue weighted by molar-refractivity contribution is 0.0181. The van der Waals surface area contributed by atoms with Gasteiger partial charge in [0.05, 0.1) is 48.9 Å². The van der Waals surface area contributed by atoms with Crippen molar-refractivity contribution in [1.82, 2.24) is 9.30 Å². The number of rotatable bonds is 19. The van der Waals surface area contributed by atoms with E-state index in [9.17, 15) is 21.4 Å². The molecule has 1 aliphatic carbocycles. The zero-order valence-corrected chi connectivity index (χ0v) is 30.5. The van der Waals surface area contributed by atoms with Crippen molar-refractivity contribution in [3.8, 4) is 22.5 Å². The number of sulfonamides is 1. The standard InChI is InChI=1S/C35H47N3O9S2/c1-6-37(7-2)27-12-14-29-31(24-27)47-32-25-28(38(8-3)9-4)13-15-30(32)35(29)26-11-16-33(34(23-26)49(41,42)43)48(39,40)36-17-18-45-21-22-46-20-19-44-10-5/h11-16,23-25,36H,6-10,17-22H2,1-5H3. The van der Waals surface area contributed by atoms with Crippen LogP contribution in [0.15, 0.2) is 68.8 Å². The highest BCUT2D eigenvalue weighted by molar-refractivity contribution is 7.91. The Kier molecular flexibility index (Phi) is 13.7. The summed E-state index contributed by atoms with van der Waals surface area (Å²) in [5.74, 6) is 0.563. The predicted octanol–water partition coefficient (Wildman–Crippen LogP) is 4.11. The van der Waals surface area contributed by atoms with Gasteiger partial charge in [-0.3, -0.25) is 0 Å². The van der Waals surface area contributed by atoms with Gasteiger partial charge in [0.1, 0.15) is 34.6 Å². The second-order valence-electron chi connectivity index (χ2n) is 11.1. The second kappa shape index (κ2) is 17.5. The van der Waals surface area contributed by atoms with Crippen molar-refractivity contribution < 1.29 is 40.0 Å². The van der Waals surface area contributed by atoms with E-state index < -0.39 is 29.9 Å². The van der Waals surface area contributed by atoms with Gasteiger partial charge in [0, 0.05) is 60.6 Å². The minimum absolute atomic E-state index is 0.0159. The Morgan fingerprint density at radius 1 is 0.776 bits per heavy atom. The number of nitrogens with one attached hydrogen (secondary N) is 1. The summed E-state index contributed by atoms with van der Waals surface area (Å²) in [5, 5.41) is 1.64. The van der Waals surface area contributed by atoms with E-state index in [-0.39, 0.29) is 19.8 Å². The van der Waals surface area contributed by atoms with Gasteiger partial charge in [0.25, 0.3) is 0 Å². The van der Waals surface area contributed by atoms with Gasteiger partial charge in [0.2, 0.25) is 15.4 Å². The van der Waals surface area contributed by atoms with Crippen molar-refractivity contribution in [3.63, 3.8) is 0 Å². The quantitative estimate of drug-likeness (QED) is 0.0650. The molecule has 4 rings (SSSR count). The van der Waals surface area contributed by atoms with Crippen molar-refractivity contribution in [3.05, 3.63) is 60.0 Å². The Balaban J connectivity index is 1.75. The molecule has 1 N–H and O–H groups in total. The van der Waals surface area contributed by atoms with Gasteiger partial charge in [-0.1, -0.05) is 6.07 Å². The van der Waals surface area contributed by atoms with E-state index in [2.05, 4.69) is 41.9 Å². The zero-order valence-electron chi connectivity index (χ0n) is 28.9. The van der Waals surface area contributed by atoms with Gasteiger partial charge < -0.3 is 28.1 Å². The predicted molar refractivity (Wildman–Crippen MR) is 189 cm³/mol. The summed E-state index contributed by atoms with van der Waals surface area (Å²) in [7, 11) is -9.61. The molecule has 1 heterocycles. The molecule has 268 valence electrons. The number of anilines is 1. The Labute approximate surface area is 289 Å². The first-order valence-electron chi connectivity index (χ1n) is 16.7. The van der Waals surface area contributed by atoms with E-state index in [4.69, 9.17) is 18.6 Å². The van der Waals surface area contributed by atoms with Gasteiger partial charge in [-0.15, -0.1) is 0 Å². The Bertz CT molecular complexity index is 1970. The molecule has 2 aliphatic rings. The van der Waals surface area contributed by atoms with Gasteiger partial charge in [-0.05, 0) is 70.5 Å². The number of benzene rings is 3. The maximum absolute atomic E-state index is 13.3. The number of fused-ring (bicyclic) bond motifs is 2. The van der Waals surface area contributed by atoms with Crippen molar-refractivity contribution in [2.24, 2.45) is 0 Å². The number of ether oxygens (including phenoxy) is 3.